The van der Waals surface area contributed by atoms with Gasteiger partial charge in [-0.05, 0) is 6.08 Å². The molecule has 0 saturated heterocycles. The van der Waals surface area contributed by atoms with Crippen LogP contribution in [0.15, 0.2) is 17.3 Å². The number of hydrogen-bond acceptors (Lipinski definition) is 4. The standard InChI is InChI=1S/C4H7N3.C2HF3O2/c5-7-3-1-2-6-4-7;3-2(4,5)1(6)7/h1-3H,4-5H2;(H,6,7). The van der Waals surface area contributed by atoms with E-state index in [-0.39, 0.29) is 0 Å². The van der Waals surface area contributed by atoms with E-state index in [4.69, 9.17) is 15.7 Å². The van der Waals surface area contributed by atoms with Crippen molar-refractivity contribution in [1.82, 2.24) is 5.01 Å². The first-order chi connectivity index (χ1) is 6.34. The number of halogens is 3. The Balaban J connectivity index is 0.000000241. The normalized spacial score (nSPS) is 14.7. The minimum atomic E-state index is -5.08. The van der Waals surface area contributed by atoms with E-state index >= 15 is 0 Å². The lowest BCUT2D eigenvalue weighted by Crippen LogP contribution is -2.26. The smallest absolute Gasteiger partial charge is 0.475 e. The summed E-state index contributed by atoms with van der Waals surface area (Å²) in [6.07, 6.45) is 0.208. The first kappa shape index (κ1) is 12.4. The highest BCUT2D eigenvalue weighted by Crippen LogP contribution is 2.13. The molecular formula is C6H8F3N3O2. The van der Waals surface area contributed by atoms with Gasteiger partial charge in [0.05, 0.1) is 0 Å². The average molecular weight is 211 g/mol. The molecule has 1 aliphatic rings. The van der Waals surface area contributed by atoms with Gasteiger partial charge < -0.3 is 5.11 Å². The van der Waals surface area contributed by atoms with Crippen LogP contribution in [-0.2, 0) is 4.79 Å². The third-order valence-electron chi connectivity index (χ3n) is 0.956. The lowest BCUT2D eigenvalue weighted by atomic mass is 10.6. The van der Waals surface area contributed by atoms with Crippen LogP contribution in [0.3, 0.4) is 0 Å². The molecule has 14 heavy (non-hydrogen) atoms. The second-order valence-corrected chi connectivity index (χ2v) is 2.13. The van der Waals surface area contributed by atoms with Crippen molar-refractivity contribution in [2.24, 2.45) is 10.8 Å². The Morgan fingerprint density at radius 1 is 1.57 bits per heavy atom. The molecule has 0 amide bonds. The van der Waals surface area contributed by atoms with Crippen molar-refractivity contribution >= 4 is 12.2 Å². The van der Waals surface area contributed by atoms with Gasteiger partial charge in [-0.15, -0.1) is 0 Å². The van der Waals surface area contributed by atoms with Crippen molar-refractivity contribution < 1.29 is 23.1 Å². The van der Waals surface area contributed by atoms with Crippen LogP contribution in [-0.4, -0.2) is 35.1 Å². The second kappa shape index (κ2) is 5.22. The molecular weight excluding hydrogens is 203 g/mol. The molecule has 0 fully saturated rings. The second-order valence-electron chi connectivity index (χ2n) is 2.13. The predicted octanol–water partition coefficient (Wildman–Crippen LogP) is 0.351. The highest BCUT2D eigenvalue weighted by Gasteiger charge is 2.38. The Labute approximate surface area is 77.3 Å². The van der Waals surface area contributed by atoms with Crippen molar-refractivity contribution in [3.63, 3.8) is 0 Å². The van der Waals surface area contributed by atoms with Gasteiger partial charge >= 0.3 is 12.1 Å². The fourth-order valence-corrected chi connectivity index (χ4v) is 0.398. The molecule has 0 aliphatic carbocycles. The van der Waals surface area contributed by atoms with E-state index in [2.05, 4.69) is 4.99 Å². The third kappa shape index (κ3) is 6.00. The molecule has 1 aliphatic heterocycles. The Bertz CT molecular complexity index is 249. The Morgan fingerprint density at radius 3 is 2.21 bits per heavy atom. The lowest BCUT2D eigenvalue weighted by Gasteiger charge is -2.10. The van der Waals surface area contributed by atoms with Crippen LogP contribution in [0.4, 0.5) is 13.2 Å². The minimum Gasteiger partial charge on any atom is -0.475 e. The summed E-state index contributed by atoms with van der Waals surface area (Å²) in [4.78, 5) is 12.7. The van der Waals surface area contributed by atoms with Crippen molar-refractivity contribution in [1.29, 1.82) is 0 Å². The van der Waals surface area contributed by atoms with Gasteiger partial charge in [-0.2, -0.15) is 13.2 Å². The van der Waals surface area contributed by atoms with Crippen LogP contribution < -0.4 is 5.84 Å². The zero-order valence-electron chi connectivity index (χ0n) is 6.90. The van der Waals surface area contributed by atoms with Gasteiger partial charge in [-0.1, -0.05) is 0 Å². The molecule has 3 N–H and O–H groups in total. The topological polar surface area (TPSA) is 78.9 Å². The largest absolute Gasteiger partial charge is 0.490 e. The van der Waals surface area contributed by atoms with E-state index < -0.39 is 12.1 Å². The zero-order chi connectivity index (χ0) is 11.2. The minimum absolute atomic E-state index is 0.580. The molecule has 80 valence electrons. The number of carboxylic acids is 1. The average Bonchev–Trinajstić information content (AvgIpc) is 2.04. The summed E-state index contributed by atoms with van der Waals surface area (Å²) in [6.45, 7) is 0.580. The first-order valence-electron chi connectivity index (χ1n) is 3.32. The van der Waals surface area contributed by atoms with E-state index in [1.165, 1.54) is 5.01 Å². The van der Waals surface area contributed by atoms with Gasteiger partial charge in [0, 0.05) is 12.4 Å². The molecule has 8 heteroatoms. The maximum atomic E-state index is 10.6. The van der Waals surface area contributed by atoms with Crippen LogP contribution in [0, 0.1) is 0 Å². The third-order valence-corrected chi connectivity index (χ3v) is 0.956. The summed E-state index contributed by atoms with van der Waals surface area (Å²) in [5, 5.41) is 8.64. The number of aliphatic imine (C=N–C) groups is 1. The van der Waals surface area contributed by atoms with Crippen LogP contribution >= 0.6 is 0 Å². The highest BCUT2D eigenvalue weighted by molar-refractivity contribution is 5.73. The van der Waals surface area contributed by atoms with E-state index in [0.29, 0.717) is 6.67 Å². The Hall–Kier alpha value is -1.57. The van der Waals surface area contributed by atoms with Crippen LogP contribution in [0.25, 0.3) is 0 Å². The fraction of sp³-hybridized carbons (Fsp3) is 0.333. The van der Waals surface area contributed by atoms with Crippen molar-refractivity contribution in [2.45, 2.75) is 6.18 Å². The summed E-state index contributed by atoms with van der Waals surface area (Å²) in [7, 11) is 0. The van der Waals surface area contributed by atoms with Crippen LogP contribution in [0.1, 0.15) is 0 Å². The number of hydrogen-bond donors (Lipinski definition) is 2. The summed E-state index contributed by atoms with van der Waals surface area (Å²) < 4.78 is 31.7. The molecule has 0 aromatic carbocycles. The maximum Gasteiger partial charge on any atom is 0.490 e. The number of nitrogens with two attached hydrogens (primary N) is 1. The number of carbonyl (C=O) groups is 1. The van der Waals surface area contributed by atoms with Crippen LogP contribution in [0.5, 0.6) is 0 Å². The molecule has 0 unspecified atom stereocenters. The van der Waals surface area contributed by atoms with Gasteiger partial charge in [-0.3, -0.25) is 10.0 Å². The molecule has 0 aromatic rings. The maximum absolute atomic E-state index is 10.6. The highest BCUT2D eigenvalue weighted by atomic mass is 19.4. The molecule has 0 spiro atoms. The van der Waals surface area contributed by atoms with E-state index in [1.807, 2.05) is 0 Å². The Morgan fingerprint density at radius 2 is 2.07 bits per heavy atom. The first-order valence-corrected chi connectivity index (χ1v) is 3.32. The number of nitrogens with zero attached hydrogens (tertiary/aromatic N) is 2. The number of carboxylic acid groups (broad SMARTS) is 1. The Kier molecular flexibility index (Phi) is 4.64. The SMILES string of the molecule is NN1C=CC=NC1.O=C(O)C(F)(F)F. The zero-order valence-corrected chi connectivity index (χ0v) is 6.90. The molecule has 0 aromatic heterocycles. The number of allylic oxidation sites excluding steroid dienone is 1. The lowest BCUT2D eigenvalue weighted by molar-refractivity contribution is -0.192. The van der Waals surface area contributed by atoms with Gasteiger partial charge in [0.15, 0.2) is 0 Å². The summed E-state index contributed by atoms with van der Waals surface area (Å²) in [5.41, 5.74) is 0. The van der Waals surface area contributed by atoms with Gasteiger partial charge in [0.1, 0.15) is 6.67 Å². The molecule has 5 nitrogen and oxygen atoms in total. The molecule has 0 saturated carbocycles. The molecule has 1 heterocycles. The van der Waals surface area contributed by atoms with E-state index in [9.17, 15) is 13.2 Å². The van der Waals surface area contributed by atoms with E-state index in [0.717, 1.165) is 0 Å². The number of rotatable bonds is 0. The quantitative estimate of drug-likeness (QED) is 0.566. The van der Waals surface area contributed by atoms with Gasteiger partial charge in [-0.25, -0.2) is 10.6 Å². The summed E-state index contributed by atoms with van der Waals surface area (Å²) >= 11 is 0. The monoisotopic (exact) mass is 211 g/mol. The molecule has 0 bridgehead atoms. The fourth-order valence-electron chi connectivity index (χ4n) is 0.398. The molecule has 0 radical (unpaired) electrons. The van der Waals surface area contributed by atoms with Crippen molar-refractivity contribution in [3.8, 4) is 0 Å². The van der Waals surface area contributed by atoms with Crippen molar-refractivity contribution in [3.05, 3.63) is 12.3 Å². The number of hydrazine groups is 1. The number of alkyl halides is 3. The summed E-state index contributed by atoms with van der Waals surface area (Å²) in [6, 6.07) is 0. The van der Waals surface area contributed by atoms with Gasteiger partial charge in [0.25, 0.3) is 0 Å². The molecule has 1 rings (SSSR count). The van der Waals surface area contributed by atoms with Gasteiger partial charge in [0.2, 0.25) is 0 Å². The molecule has 0 atom stereocenters. The van der Waals surface area contributed by atoms with Crippen LogP contribution in [0.2, 0.25) is 0 Å². The van der Waals surface area contributed by atoms with E-state index in [1.54, 1.807) is 18.5 Å². The summed E-state index contributed by atoms with van der Waals surface area (Å²) in [5.74, 6) is 2.51. The number of aliphatic carboxylic acids is 1. The predicted molar refractivity (Wildman–Crippen MR) is 42.2 cm³/mol. The van der Waals surface area contributed by atoms with Crippen molar-refractivity contribution in [2.75, 3.05) is 6.67 Å².